The summed E-state index contributed by atoms with van der Waals surface area (Å²) in [5.41, 5.74) is 0.519. The molecule has 118 valence electrons. The molecule has 1 aromatic heterocycles. The van der Waals surface area contributed by atoms with Crippen LogP contribution < -0.4 is 0 Å². The summed E-state index contributed by atoms with van der Waals surface area (Å²) < 4.78 is 32.5. The molecular formula is C13H20N2O5S. The van der Waals surface area contributed by atoms with Crippen molar-refractivity contribution in [2.75, 3.05) is 19.7 Å². The van der Waals surface area contributed by atoms with Crippen molar-refractivity contribution in [2.45, 2.75) is 38.2 Å². The molecule has 2 N–H and O–H groups in total. The van der Waals surface area contributed by atoms with Gasteiger partial charge in [0.2, 0.25) is 10.0 Å². The topological polar surface area (TPSA) is 99.7 Å². The summed E-state index contributed by atoms with van der Waals surface area (Å²) in [4.78, 5) is 13.8. The molecule has 1 aliphatic rings. The summed E-state index contributed by atoms with van der Waals surface area (Å²) in [6.45, 7) is 6.08. The van der Waals surface area contributed by atoms with Crippen LogP contribution in [0.2, 0.25) is 0 Å². The van der Waals surface area contributed by atoms with Gasteiger partial charge in [0.05, 0.1) is 6.10 Å². The minimum atomic E-state index is -3.73. The maximum absolute atomic E-state index is 12.8. The summed E-state index contributed by atoms with van der Waals surface area (Å²) in [6.07, 6.45) is 0.443. The first-order valence-corrected chi connectivity index (χ1v) is 8.23. The van der Waals surface area contributed by atoms with Crippen LogP contribution in [0.15, 0.2) is 4.90 Å². The molecule has 1 unspecified atom stereocenters. The van der Waals surface area contributed by atoms with E-state index in [-0.39, 0.29) is 28.8 Å². The van der Waals surface area contributed by atoms with Crippen LogP contribution >= 0.6 is 0 Å². The van der Waals surface area contributed by atoms with E-state index in [4.69, 9.17) is 9.84 Å². The number of H-pyrrole nitrogens is 1. The highest BCUT2D eigenvalue weighted by atomic mass is 32.2. The van der Waals surface area contributed by atoms with Crippen molar-refractivity contribution in [3.8, 4) is 0 Å². The molecule has 0 amide bonds. The number of nitrogens with zero attached hydrogens (tertiary/aromatic N) is 1. The maximum Gasteiger partial charge on any atom is 0.352 e. The van der Waals surface area contributed by atoms with Gasteiger partial charge in [-0.15, -0.1) is 0 Å². The Morgan fingerprint density at radius 3 is 2.67 bits per heavy atom. The Morgan fingerprint density at radius 2 is 2.10 bits per heavy atom. The lowest BCUT2D eigenvalue weighted by atomic mass is 10.2. The van der Waals surface area contributed by atoms with Crippen LogP contribution in [-0.2, 0) is 14.8 Å². The van der Waals surface area contributed by atoms with Gasteiger partial charge in [-0.3, -0.25) is 0 Å². The fourth-order valence-electron chi connectivity index (χ4n) is 2.64. The van der Waals surface area contributed by atoms with Gasteiger partial charge in [0.25, 0.3) is 0 Å². The Kier molecular flexibility index (Phi) is 4.40. The average Bonchev–Trinajstić information content (AvgIpc) is 2.56. The van der Waals surface area contributed by atoms with E-state index in [1.54, 1.807) is 6.92 Å². The number of nitrogens with one attached hydrogen (secondary N) is 1. The third kappa shape index (κ3) is 2.97. The standard InChI is InChI=1S/C13H20N2O5S/c1-8-7-15(5-4-6-20-8)21(18,19)12-9(2)11(13(16)17)14-10(12)3/h8,14H,4-7H2,1-3H3,(H,16,17). The van der Waals surface area contributed by atoms with Crippen LogP contribution in [-0.4, -0.2) is 54.6 Å². The lowest BCUT2D eigenvalue weighted by Gasteiger charge is -2.22. The molecule has 1 aliphatic heterocycles. The van der Waals surface area contributed by atoms with Crippen LogP contribution in [0, 0.1) is 13.8 Å². The van der Waals surface area contributed by atoms with Crippen molar-refractivity contribution in [1.29, 1.82) is 0 Å². The molecule has 1 atom stereocenters. The number of carboxylic acid groups (broad SMARTS) is 1. The smallest absolute Gasteiger partial charge is 0.352 e. The predicted molar refractivity (Wildman–Crippen MR) is 76.0 cm³/mol. The lowest BCUT2D eigenvalue weighted by molar-refractivity contribution is 0.0690. The molecule has 1 aromatic rings. The van der Waals surface area contributed by atoms with Crippen molar-refractivity contribution in [3.05, 3.63) is 17.0 Å². The molecule has 1 fully saturated rings. The number of rotatable bonds is 3. The minimum absolute atomic E-state index is 0.0639. The van der Waals surface area contributed by atoms with E-state index in [9.17, 15) is 13.2 Å². The highest BCUT2D eigenvalue weighted by molar-refractivity contribution is 7.89. The van der Waals surface area contributed by atoms with E-state index in [1.807, 2.05) is 6.92 Å². The van der Waals surface area contributed by atoms with Gasteiger partial charge in [0, 0.05) is 31.0 Å². The highest BCUT2D eigenvalue weighted by Crippen LogP contribution is 2.27. The van der Waals surface area contributed by atoms with E-state index in [1.165, 1.54) is 11.2 Å². The molecule has 21 heavy (non-hydrogen) atoms. The van der Waals surface area contributed by atoms with E-state index in [0.717, 1.165) is 0 Å². The van der Waals surface area contributed by atoms with Crippen LogP contribution in [0.3, 0.4) is 0 Å². The van der Waals surface area contributed by atoms with Gasteiger partial charge in [-0.25, -0.2) is 13.2 Å². The number of carbonyl (C=O) groups is 1. The second kappa shape index (κ2) is 5.78. The largest absolute Gasteiger partial charge is 0.477 e. The molecule has 2 heterocycles. The Balaban J connectivity index is 2.46. The lowest BCUT2D eigenvalue weighted by Crippen LogP contribution is -2.36. The molecule has 0 aliphatic carbocycles. The molecule has 0 aromatic carbocycles. The second-order valence-corrected chi connectivity index (χ2v) is 7.16. The van der Waals surface area contributed by atoms with Crippen LogP contribution in [0.5, 0.6) is 0 Å². The van der Waals surface area contributed by atoms with Gasteiger partial charge >= 0.3 is 5.97 Å². The number of hydrogen-bond donors (Lipinski definition) is 2. The van der Waals surface area contributed by atoms with Crippen LogP contribution in [0.25, 0.3) is 0 Å². The number of carboxylic acids is 1. The zero-order valence-electron chi connectivity index (χ0n) is 12.3. The molecule has 8 heteroatoms. The molecule has 1 saturated heterocycles. The third-order valence-corrected chi connectivity index (χ3v) is 5.74. The SMILES string of the molecule is Cc1[nH]c(C(=O)O)c(C)c1S(=O)(=O)N1CCCOC(C)C1. The van der Waals surface area contributed by atoms with Crippen molar-refractivity contribution >= 4 is 16.0 Å². The quantitative estimate of drug-likeness (QED) is 0.871. The van der Waals surface area contributed by atoms with Gasteiger partial charge in [-0.1, -0.05) is 0 Å². The first-order valence-electron chi connectivity index (χ1n) is 6.79. The number of hydrogen-bond acceptors (Lipinski definition) is 4. The highest BCUT2D eigenvalue weighted by Gasteiger charge is 2.33. The van der Waals surface area contributed by atoms with Crippen LogP contribution in [0.4, 0.5) is 0 Å². The normalized spacial score (nSPS) is 21.2. The van der Waals surface area contributed by atoms with Gasteiger partial charge in [-0.2, -0.15) is 4.31 Å². The molecule has 2 rings (SSSR count). The zero-order chi connectivity index (χ0) is 15.8. The van der Waals surface area contributed by atoms with Crippen LogP contribution in [0.1, 0.15) is 35.1 Å². The Bertz CT molecular complexity index is 650. The molecule has 0 bridgehead atoms. The first-order chi connectivity index (χ1) is 9.75. The second-order valence-electron chi connectivity index (χ2n) is 5.28. The number of aromatic amines is 1. The molecular weight excluding hydrogens is 296 g/mol. The summed E-state index contributed by atoms with van der Waals surface area (Å²) in [5.74, 6) is -1.16. The Hall–Kier alpha value is -1.38. The number of aromatic nitrogens is 1. The number of aromatic carboxylic acids is 1. The van der Waals surface area contributed by atoms with Gasteiger partial charge in [0.1, 0.15) is 10.6 Å². The monoisotopic (exact) mass is 316 g/mol. The Labute approximate surface area is 124 Å². The van der Waals surface area contributed by atoms with Crippen molar-refractivity contribution in [1.82, 2.24) is 9.29 Å². The molecule has 0 spiro atoms. The van der Waals surface area contributed by atoms with Gasteiger partial charge < -0.3 is 14.8 Å². The fourth-order valence-corrected chi connectivity index (χ4v) is 4.60. The maximum atomic E-state index is 12.8. The van der Waals surface area contributed by atoms with E-state index >= 15 is 0 Å². The minimum Gasteiger partial charge on any atom is -0.477 e. The van der Waals surface area contributed by atoms with Gasteiger partial charge in [0.15, 0.2) is 0 Å². The van der Waals surface area contributed by atoms with E-state index < -0.39 is 16.0 Å². The number of sulfonamides is 1. The summed E-state index contributed by atoms with van der Waals surface area (Å²) in [5, 5.41) is 9.11. The summed E-state index contributed by atoms with van der Waals surface area (Å²) >= 11 is 0. The Morgan fingerprint density at radius 1 is 1.43 bits per heavy atom. The number of aryl methyl sites for hydroxylation is 1. The predicted octanol–water partition coefficient (Wildman–Crippen LogP) is 1.13. The van der Waals surface area contributed by atoms with Crippen molar-refractivity contribution in [2.24, 2.45) is 0 Å². The summed E-state index contributed by atoms with van der Waals surface area (Å²) in [6, 6.07) is 0. The van der Waals surface area contributed by atoms with Gasteiger partial charge in [-0.05, 0) is 27.2 Å². The number of ether oxygens (including phenoxy) is 1. The molecule has 7 nitrogen and oxygen atoms in total. The summed E-state index contributed by atoms with van der Waals surface area (Å²) in [7, 11) is -3.73. The zero-order valence-corrected chi connectivity index (χ0v) is 13.2. The van der Waals surface area contributed by atoms with Crippen molar-refractivity contribution in [3.63, 3.8) is 0 Å². The van der Waals surface area contributed by atoms with E-state index in [2.05, 4.69) is 4.98 Å². The van der Waals surface area contributed by atoms with Crippen molar-refractivity contribution < 1.29 is 23.1 Å². The third-order valence-electron chi connectivity index (χ3n) is 3.60. The average molecular weight is 316 g/mol. The molecule has 0 radical (unpaired) electrons. The van der Waals surface area contributed by atoms with E-state index in [0.29, 0.717) is 25.3 Å². The fraction of sp³-hybridized carbons (Fsp3) is 0.615. The first kappa shape index (κ1) is 16.0. The molecule has 0 saturated carbocycles.